The molecule has 1 heterocycles. The molecule has 5 nitrogen and oxygen atoms in total. The molecule has 0 saturated heterocycles. The van der Waals surface area contributed by atoms with Gasteiger partial charge < -0.3 is 9.72 Å². The number of aromatic nitrogens is 2. The SMILES string of the molecule is Cc1cc2[nH]c(OC=O)nc2cc1C(=O)C1CC1. The summed E-state index contributed by atoms with van der Waals surface area (Å²) in [5.41, 5.74) is 3.04. The van der Waals surface area contributed by atoms with E-state index in [0.717, 1.165) is 23.9 Å². The van der Waals surface area contributed by atoms with Gasteiger partial charge in [-0.1, -0.05) is 0 Å². The highest BCUT2D eigenvalue weighted by Gasteiger charge is 2.31. The summed E-state index contributed by atoms with van der Waals surface area (Å²) in [6.45, 7) is 2.22. The number of nitrogens with one attached hydrogen (secondary N) is 1. The normalized spacial score (nSPS) is 14.7. The summed E-state index contributed by atoms with van der Waals surface area (Å²) in [5, 5.41) is 0. The maximum Gasteiger partial charge on any atom is 0.302 e. The molecular formula is C13H12N2O3. The second-order valence-corrected chi connectivity index (χ2v) is 4.58. The van der Waals surface area contributed by atoms with Crippen molar-refractivity contribution in [1.29, 1.82) is 0 Å². The lowest BCUT2D eigenvalue weighted by molar-refractivity contribution is -0.121. The van der Waals surface area contributed by atoms with Crippen molar-refractivity contribution in [1.82, 2.24) is 9.97 Å². The fourth-order valence-electron chi connectivity index (χ4n) is 2.07. The molecule has 0 atom stereocenters. The molecule has 18 heavy (non-hydrogen) atoms. The molecule has 1 fully saturated rings. The van der Waals surface area contributed by atoms with Crippen LogP contribution in [0.15, 0.2) is 12.1 Å². The zero-order valence-electron chi connectivity index (χ0n) is 9.90. The van der Waals surface area contributed by atoms with Crippen molar-refractivity contribution >= 4 is 23.3 Å². The van der Waals surface area contributed by atoms with Gasteiger partial charge in [0.1, 0.15) is 0 Å². The summed E-state index contributed by atoms with van der Waals surface area (Å²) in [6.07, 6.45) is 1.97. The Morgan fingerprint density at radius 3 is 2.94 bits per heavy atom. The van der Waals surface area contributed by atoms with E-state index in [1.807, 2.05) is 13.0 Å². The lowest BCUT2D eigenvalue weighted by Crippen LogP contribution is -2.03. The largest absolute Gasteiger partial charge is 0.395 e. The quantitative estimate of drug-likeness (QED) is 0.659. The Balaban J connectivity index is 2.07. The summed E-state index contributed by atoms with van der Waals surface area (Å²) in [4.78, 5) is 29.3. The van der Waals surface area contributed by atoms with E-state index < -0.39 is 0 Å². The number of aryl methyl sites for hydroxylation is 1. The molecule has 5 heteroatoms. The van der Waals surface area contributed by atoms with E-state index in [2.05, 4.69) is 14.7 Å². The molecule has 0 amide bonds. The second-order valence-electron chi connectivity index (χ2n) is 4.58. The van der Waals surface area contributed by atoms with Crippen LogP contribution in [0, 0.1) is 12.8 Å². The van der Waals surface area contributed by atoms with Crippen LogP contribution in [0.1, 0.15) is 28.8 Å². The third-order valence-electron chi connectivity index (χ3n) is 3.18. The second kappa shape index (κ2) is 3.94. The van der Waals surface area contributed by atoms with Crippen molar-refractivity contribution < 1.29 is 14.3 Å². The minimum absolute atomic E-state index is 0.149. The van der Waals surface area contributed by atoms with Crippen LogP contribution in [0.3, 0.4) is 0 Å². The Labute approximate surface area is 103 Å². The number of hydrogen-bond donors (Lipinski definition) is 1. The first kappa shape index (κ1) is 11.0. The molecule has 0 spiro atoms. The van der Waals surface area contributed by atoms with Gasteiger partial charge in [-0.05, 0) is 37.5 Å². The van der Waals surface area contributed by atoms with Gasteiger partial charge in [0, 0.05) is 11.5 Å². The lowest BCUT2D eigenvalue weighted by atomic mass is 10.0. The minimum atomic E-state index is 0.149. The summed E-state index contributed by atoms with van der Waals surface area (Å²) in [5.74, 6) is 0.376. The molecule has 0 aliphatic heterocycles. The summed E-state index contributed by atoms with van der Waals surface area (Å²) in [6, 6.07) is 3.77. The fraction of sp³-hybridized carbons (Fsp3) is 0.308. The van der Waals surface area contributed by atoms with Gasteiger partial charge in [-0.25, -0.2) is 0 Å². The molecule has 1 aromatic carbocycles. The Morgan fingerprint density at radius 2 is 2.28 bits per heavy atom. The average Bonchev–Trinajstić information content (AvgIpc) is 3.10. The lowest BCUT2D eigenvalue weighted by Gasteiger charge is -2.03. The number of ether oxygens (including phenoxy) is 1. The van der Waals surface area contributed by atoms with Crippen LogP contribution in [0.5, 0.6) is 6.01 Å². The summed E-state index contributed by atoms with van der Waals surface area (Å²) < 4.78 is 4.66. The Kier molecular flexibility index (Phi) is 2.40. The summed E-state index contributed by atoms with van der Waals surface area (Å²) >= 11 is 0. The molecule has 0 unspecified atom stereocenters. The molecule has 1 aliphatic carbocycles. The van der Waals surface area contributed by atoms with Gasteiger partial charge in [-0.15, -0.1) is 0 Å². The molecule has 0 bridgehead atoms. The van der Waals surface area contributed by atoms with Gasteiger partial charge in [-0.2, -0.15) is 4.98 Å². The van der Waals surface area contributed by atoms with E-state index in [1.165, 1.54) is 0 Å². The smallest absolute Gasteiger partial charge is 0.302 e. The highest BCUT2D eigenvalue weighted by molar-refractivity contribution is 6.03. The Hall–Kier alpha value is -2.17. The number of nitrogens with zero attached hydrogens (tertiary/aromatic N) is 1. The van der Waals surface area contributed by atoms with E-state index in [9.17, 15) is 9.59 Å². The minimum Gasteiger partial charge on any atom is -0.395 e. The Bertz CT molecular complexity index is 641. The van der Waals surface area contributed by atoms with Crippen LogP contribution in [-0.4, -0.2) is 22.2 Å². The molecular weight excluding hydrogens is 232 g/mol. The first-order valence-electron chi connectivity index (χ1n) is 5.84. The zero-order chi connectivity index (χ0) is 12.7. The number of carbonyl (C=O) groups is 2. The van der Waals surface area contributed by atoms with Crippen LogP contribution in [-0.2, 0) is 4.79 Å². The maximum absolute atomic E-state index is 12.1. The number of hydrogen-bond acceptors (Lipinski definition) is 4. The van der Waals surface area contributed by atoms with Gasteiger partial charge in [0.2, 0.25) is 0 Å². The highest BCUT2D eigenvalue weighted by Crippen LogP contribution is 2.34. The van der Waals surface area contributed by atoms with Crippen LogP contribution in [0.25, 0.3) is 11.0 Å². The van der Waals surface area contributed by atoms with Gasteiger partial charge in [0.05, 0.1) is 11.0 Å². The molecule has 2 aromatic rings. The molecule has 3 rings (SSSR count). The number of H-pyrrole nitrogens is 1. The first-order valence-corrected chi connectivity index (χ1v) is 5.84. The third kappa shape index (κ3) is 1.77. The van der Waals surface area contributed by atoms with E-state index in [-0.39, 0.29) is 17.7 Å². The van der Waals surface area contributed by atoms with Gasteiger partial charge in [-0.3, -0.25) is 9.59 Å². The number of ketones is 1. The van der Waals surface area contributed by atoms with Crippen molar-refractivity contribution in [3.8, 4) is 6.01 Å². The average molecular weight is 244 g/mol. The molecule has 1 N–H and O–H groups in total. The highest BCUT2D eigenvalue weighted by atomic mass is 16.5. The number of benzene rings is 1. The molecule has 0 radical (unpaired) electrons. The summed E-state index contributed by atoms with van der Waals surface area (Å²) in [7, 11) is 0. The van der Waals surface area contributed by atoms with Crippen molar-refractivity contribution in [2.75, 3.05) is 0 Å². The van der Waals surface area contributed by atoms with Crippen molar-refractivity contribution in [3.63, 3.8) is 0 Å². The van der Waals surface area contributed by atoms with E-state index >= 15 is 0 Å². The van der Waals surface area contributed by atoms with Crippen LogP contribution < -0.4 is 4.74 Å². The van der Waals surface area contributed by atoms with Crippen LogP contribution in [0.2, 0.25) is 0 Å². The predicted molar refractivity (Wildman–Crippen MR) is 64.6 cm³/mol. The first-order chi connectivity index (χ1) is 8.69. The number of imidazole rings is 1. The van der Waals surface area contributed by atoms with Gasteiger partial charge in [0.25, 0.3) is 0 Å². The van der Waals surface area contributed by atoms with Crippen LogP contribution >= 0.6 is 0 Å². The molecule has 1 saturated carbocycles. The molecule has 1 aromatic heterocycles. The van der Waals surface area contributed by atoms with Crippen molar-refractivity contribution in [2.45, 2.75) is 19.8 Å². The standard InChI is InChI=1S/C13H12N2O3/c1-7-4-10-11(15-13(14-10)18-6-16)5-9(7)12(17)8-2-3-8/h4-6,8H,2-3H2,1H3,(H,14,15). The van der Waals surface area contributed by atoms with Crippen molar-refractivity contribution in [3.05, 3.63) is 23.3 Å². The van der Waals surface area contributed by atoms with E-state index in [1.54, 1.807) is 6.07 Å². The third-order valence-corrected chi connectivity index (χ3v) is 3.18. The fourth-order valence-corrected chi connectivity index (χ4v) is 2.07. The van der Waals surface area contributed by atoms with E-state index in [0.29, 0.717) is 17.6 Å². The van der Waals surface area contributed by atoms with Gasteiger partial charge >= 0.3 is 12.5 Å². The number of fused-ring (bicyclic) bond motifs is 1. The zero-order valence-corrected chi connectivity index (χ0v) is 9.90. The molecule has 1 aliphatic rings. The molecule has 92 valence electrons. The number of carbonyl (C=O) groups excluding carboxylic acids is 2. The van der Waals surface area contributed by atoms with Crippen molar-refractivity contribution in [2.24, 2.45) is 5.92 Å². The maximum atomic E-state index is 12.1. The predicted octanol–water partition coefficient (Wildman–Crippen LogP) is 2.00. The number of aromatic amines is 1. The Morgan fingerprint density at radius 1 is 1.50 bits per heavy atom. The van der Waals surface area contributed by atoms with Crippen LogP contribution in [0.4, 0.5) is 0 Å². The topological polar surface area (TPSA) is 72.1 Å². The van der Waals surface area contributed by atoms with Gasteiger partial charge in [0.15, 0.2) is 5.78 Å². The number of Topliss-reactive ketones (excluding diaryl/α,β-unsaturated/α-hetero) is 1. The number of rotatable bonds is 4. The van der Waals surface area contributed by atoms with E-state index in [4.69, 9.17) is 0 Å². The monoisotopic (exact) mass is 244 g/mol.